The number of carbonyl (C=O) groups excluding carboxylic acids is 2. The summed E-state index contributed by atoms with van der Waals surface area (Å²) < 4.78 is 0.939. The molecule has 3 aromatic rings. The van der Waals surface area contributed by atoms with Crippen LogP contribution in [0.2, 0.25) is 5.02 Å². The Balaban J connectivity index is 1.66. The fourth-order valence-corrected chi connectivity index (χ4v) is 2.77. The lowest BCUT2D eigenvalue weighted by molar-refractivity contribution is 0.102. The standard InChI is InChI=1S/C20H14BrClN2O2/c21-14-7-11-16(12-8-14)23-19(25)13-5-9-15(10-6-13)24-20(26)17-3-1-2-4-18(17)22/h1-12H,(H,23,25)(H,24,26). The average molecular weight is 430 g/mol. The van der Waals surface area contributed by atoms with Gasteiger partial charge in [0.1, 0.15) is 0 Å². The summed E-state index contributed by atoms with van der Waals surface area (Å²) in [7, 11) is 0. The molecule has 2 amide bonds. The molecule has 130 valence electrons. The Bertz CT molecular complexity index is 941. The number of hydrogen-bond donors (Lipinski definition) is 2. The first-order valence-corrected chi connectivity index (χ1v) is 8.93. The molecular weight excluding hydrogens is 416 g/mol. The lowest BCUT2D eigenvalue weighted by Gasteiger charge is -2.08. The summed E-state index contributed by atoms with van der Waals surface area (Å²) in [4.78, 5) is 24.5. The third kappa shape index (κ3) is 4.50. The second kappa shape index (κ2) is 8.17. The lowest BCUT2D eigenvalue weighted by Crippen LogP contribution is -2.14. The van der Waals surface area contributed by atoms with Crippen molar-refractivity contribution in [3.05, 3.63) is 93.4 Å². The molecule has 4 nitrogen and oxygen atoms in total. The minimum atomic E-state index is -0.303. The van der Waals surface area contributed by atoms with E-state index in [1.807, 2.05) is 12.1 Å². The molecule has 3 rings (SSSR count). The largest absolute Gasteiger partial charge is 0.322 e. The minimum absolute atomic E-state index is 0.226. The van der Waals surface area contributed by atoms with Crippen molar-refractivity contribution in [1.82, 2.24) is 0 Å². The Kier molecular flexibility index (Phi) is 5.71. The van der Waals surface area contributed by atoms with Gasteiger partial charge in [-0.3, -0.25) is 9.59 Å². The van der Waals surface area contributed by atoms with Crippen molar-refractivity contribution in [1.29, 1.82) is 0 Å². The summed E-state index contributed by atoms with van der Waals surface area (Å²) in [6, 6.07) is 20.8. The maximum atomic E-state index is 12.3. The zero-order valence-electron chi connectivity index (χ0n) is 13.5. The van der Waals surface area contributed by atoms with E-state index in [1.165, 1.54) is 0 Å². The molecule has 26 heavy (non-hydrogen) atoms. The predicted octanol–water partition coefficient (Wildman–Crippen LogP) is 5.61. The maximum absolute atomic E-state index is 12.3. The quantitative estimate of drug-likeness (QED) is 0.566. The van der Waals surface area contributed by atoms with Gasteiger partial charge >= 0.3 is 0 Å². The van der Waals surface area contributed by atoms with Crippen molar-refractivity contribution in [2.24, 2.45) is 0 Å². The summed E-state index contributed by atoms with van der Waals surface area (Å²) >= 11 is 9.37. The highest BCUT2D eigenvalue weighted by Gasteiger charge is 2.11. The van der Waals surface area contributed by atoms with Crippen LogP contribution in [-0.2, 0) is 0 Å². The smallest absolute Gasteiger partial charge is 0.257 e. The molecule has 2 N–H and O–H groups in total. The Hall–Kier alpha value is -2.63. The van der Waals surface area contributed by atoms with Crippen LogP contribution in [0, 0.1) is 0 Å². The second-order valence-corrected chi connectivity index (χ2v) is 6.80. The summed E-state index contributed by atoms with van der Waals surface area (Å²) in [5.74, 6) is -0.529. The van der Waals surface area contributed by atoms with Crippen LogP contribution in [0.5, 0.6) is 0 Å². The Morgan fingerprint density at radius 1 is 0.731 bits per heavy atom. The molecule has 0 aliphatic rings. The van der Waals surface area contributed by atoms with Gasteiger partial charge in [-0.05, 0) is 60.7 Å². The molecule has 0 aliphatic heterocycles. The van der Waals surface area contributed by atoms with Gasteiger partial charge in [-0.25, -0.2) is 0 Å². The average Bonchev–Trinajstić information content (AvgIpc) is 2.64. The van der Waals surface area contributed by atoms with E-state index in [1.54, 1.807) is 60.7 Å². The Morgan fingerprint density at radius 2 is 1.27 bits per heavy atom. The second-order valence-electron chi connectivity index (χ2n) is 5.47. The number of halogens is 2. The summed E-state index contributed by atoms with van der Waals surface area (Å²) in [6.45, 7) is 0. The Labute approximate surface area is 164 Å². The fraction of sp³-hybridized carbons (Fsp3) is 0. The number of anilines is 2. The highest BCUT2D eigenvalue weighted by atomic mass is 79.9. The zero-order valence-corrected chi connectivity index (χ0v) is 15.8. The van der Waals surface area contributed by atoms with Crippen molar-refractivity contribution >= 4 is 50.7 Å². The van der Waals surface area contributed by atoms with E-state index in [0.717, 1.165) is 4.47 Å². The molecule has 0 saturated carbocycles. The summed E-state index contributed by atoms with van der Waals surface area (Å²) in [6.07, 6.45) is 0. The molecule has 6 heteroatoms. The third-order valence-corrected chi connectivity index (χ3v) is 4.48. The third-order valence-electron chi connectivity index (χ3n) is 3.63. The van der Waals surface area contributed by atoms with Crippen LogP contribution in [0.3, 0.4) is 0 Å². The van der Waals surface area contributed by atoms with Crippen molar-refractivity contribution in [3.8, 4) is 0 Å². The number of amides is 2. The summed E-state index contributed by atoms with van der Waals surface area (Å²) in [5, 5.41) is 5.96. The molecule has 0 atom stereocenters. The van der Waals surface area contributed by atoms with Crippen molar-refractivity contribution in [2.75, 3.05) is 10.6 Å². The predicted molar refractivity (Wildman–Crippen MR) is 108 cm³/mol. The lowest BCUT2D eigenvalue weighted by atomic mass is 10.1. The van der Waals surface area contributed by atoms with Gasteiger partial charge in [-0.2, -0.15) is 0 Å². The molecular formula is C20H14BrClN2O2. The molecule has 0 fully saturated rings. The first-order valence-electron chi connectivity index (χ1n) is 7.76. The fourth-order valence-electron chi connectivity index (χ4n) is 2.29. The highest BCUT2D eigenvalue weighted by Crippen LogP contribution is 2.19. The molecule has 0 aliphatic carbocycles. The van der Waals surface area contributed by atoms with Crippen LogP contribution in [0.25, 0.3) is 0 Å². The highest BCUT2D eigenvalue weighted by molar-refractivity contribution is 9.10. The summed E-state index contributed by atoms with van der Waals surface area (Å²) in [5.41, 5.74) is 2.17. The van der Waals surface area contributed by atoms with Crippen LogP contribution in [-0.4, -0.2) is 11.8 Å². The monoisotopic (exact) mass is 428 g/mol. The molecule has 0 unspecified atom stereocenters. The number of hydrogen-bond acceptors (Lipinski definition) is 2. The normalized spacial score (nSPS) is 10.2. The van der Waals surface area contributed by atoms with Gasteiger partial charge < -0.3 is 10.6 Å². The van der Waals surface area contributed by atoms with E-state index >= 15 is 0 Å². The van der Waals surface area contributed by atoms with Gasteiger partial charge in [0.15, 0.2) is 0 Å². The molecule has 0 heterocycles. The van der Waals surface area contributed by atoms with Gasteiger partial charge in [0, 0.05) is 21.4 Å². The molecule has 0 aromatic heterocycles. The van der Waals surface area contributed by atoms with Gasteiger partial charge in [0.05, 0.1) is 10.6 Å². The van der Waals surface area contributed by atoms with E-state index in [2.05, 4.69) is 26.6 Å². The Morgan fingerprint density at radius 3 is 1.88 bits per heavy atom. The number of nitrogens with one attached hydrogen (secondary N) is 2. The van der Waals surface area contributed by atoms with E-state index < -0.39 is 0 Å². The van der Waals surface area contributed by atoms with Gasteiger partial charge in [0.2, 0.25) is 0 Å². The maximum Gasteiger partial charge on any atom is 0.257 e. The SMILES string of the molecule is O=C(Nc1ccc(Br)cc1)c1ccc(NC(=O)c2ccccc2Cl)cc1. The van der Waals surface area contributed by atoms with Crippen LogP contribution in [0.4, 0.5) is 11.4 Å². The van der Waals surface area contributed by atoms with Gasteiger partial charge in [0.25, 0.3) is 11.8 Å². The molecule has 3 aromatic carbocycles. The first-order chi connectivity index (χ1) is 12.5. The van der Waals surface area contributed by atoms with E-state index in [4.69, 9.17) is 11.6 Å². The zero-order chi connectivity index (χ0) is 18.5. The van der Waals surface area contributed by atoms with E-state index in [0.29, 0.717) is 27.5 Å². The van der Waals surface area contributed by atoms with Crippen LogP contribution < -0.4 is 10.6 Å². The number of benzene rings is 3. The van der Waals surface area contributed by atoms with E-state index in [9.17, 15) is 9.59 Å². The van der Waals surface area contributed by atoms with Gasteiger partial charge in [-0.15, -0.1) is 0 Å². The van der Waals surface area contributed by atoms with Crippen molar-refractivity contribution < 1.29 is 9.59 Å². The van der Waals surface area contributed by atoms with Crippen LogP contribution in [0.15, 0.2) is 77.3 Å². The minimum Gasteiger partial charge on any atom is -0.322 e. The van der Waals surface area contributed by atoms with Crippen LogP contribution in [0.1, 0.15) is 20.7 Å². The molecule has 0 saturated heterocycles. The molecule has 0 radical (unpaired) electrons. The number of carbonyl (C=O) groups is 2. The van der Waals surface area contributed by atoms with Crippen molar-refractivity contribution in [2.45, 2.75) is 0 Å². The topological polar surface area (TPSA) is 58.2 Å². The number of rotatable bonds is 4. The molecule has 0 bridgehead atoms. The molecule has 0 spiro atoms. The van der Waals surface area contributed by atoms with E-state index in [-0.39, 0.29) is 11.8 Å². The first kappa shape index (κ1) is 18.2. The van der Waals surface area contributed by atoms with Gasteiger partial charge in [-0.1, -0.05) is 39.7 Å². The van der Waals surface area contributed by atoms with Crippen LogP contribution >= 0.6 is 27.5 Å². The van der Waals surface area contributed by atoms with Crippen molar-refractivity contribution in [3.63, 3.8) is 0 Å².